The Morgan fingerprint density at radius 1 is 1.38 bits per heavy atom. The molecule has 1 heterocycles. The van der Waals surface area contributed by atoms with E-state index >= 15 is 0 Å². The summed E-state index contributed by atoms with van der Waals surface area (Å²) in [5.74, 6) is -0.919. The Kier molecular flexibility index (Phi) is 6.88. The van der Waals surface area contributed by atoms with Crippen LogP contribution in [0.5, 0.6) is 0 Å². The highest BCUT2D eigenvalue weighted by atomic mass is 16.4. The van der Waals surface area contributed by atoms with Crippen molar-refractivity contribution in [2.75, 3.05) is 6.54 Å². The van der Waals surface area contributed by atoms with Crippen LogP contribution in [0.3, 0.4) is 0 Å². The maximum absolute atomic E-state index is 11.1. The van der Waals surface area contributed by atoms with Gasteiger partial charge in [0.05, 0.1) is 0 Å². The number of hydrogen-bond acceptors (Lipinski definition) is 3. The Hall–Kier alpha value is -1.88. The van der Waals surface area contributed by atoms with Crippen molar-refractivity contribution in [1.82, 2.24) is 4.90 Å². The van der Waals surface area contributed by atoms with Gasteiger partial charge in [0.25, 0.3) is 0 Å². The molecule has 2 unspecified atom stereocenters. The molecule has 21 heavy (non-hydrogen) atoms. The third kappa shape index (κ3) is 5.19. The van der Waals surface area contributed by atoms with Gasteiger partial charge >= 0.3 is 5.97 Å². The summed E-state index contributed by atoms with van der Waals surface area (Å²) >= 11 is 0. The molecule has 1 saturated heterocycles. The van der Waals surface area contributed by atoms with E-state index in [0.717, 1.165) is 6.42 Å². The lowest BCUT2D eigenvalue weighted by Gasteiger charge is -2.22. The molecule has 0 aliphatic carbocycles. The Morgan fingerprint density at radius 3 is 2.33 bits per heavy atom. The molecule has 5 heteroatoms. The number of nitrogens with two attached hydrogens (primary N) is 1. The van der Waals surface area contributed by atoms with Crippen LogP contribution in [0.1, 0.15) is 44.7 Å². The van der Waals surface area contributed by atoms with Gasteiger partial charge in [-0.25, -0.2) is 4.79 Å². The summed E-state index contributed by atoms with van der Waals surface area (Å²) in [6.45, 7) is 4.36. The summed E-state index contributed by atoms with van der Waals surface area (Å²) in [4.78, 5) is 23.3. The number of carbonyl (C=O) groups is 2. The number of carbonyl (C=O) groups excluding carboxylic acids is 1. The molecule has 0 radical (unpaired) electrons. The summed E-state index contributed by atoms with van der Waals surface area (Å²) in [7, 11) is 0. The SMILES string of the molecule is CC(N)c1ccccc1.CCC(C(=O)O)N1CCCC1=O. The van der Waals surface area contributed by atoms with Gasteiger partial charge in [-0.3, -0.25) is 4.79 Å². The Bertz CT molecular complexity index is 460. The number of amides is 1. The average Bonchev–Trinajstić information content (AvgIpc) is 2.87. The van der Waals surface area contributed by atoms with Crippen LogP contribution in [0.25, 0.3) is 0 Å². The molecule has 0 bridgehead atoms. The number of benzene rings is 1. The Morgan fingerprint density at radius 2 is 2.00 bits per heavy atom. The molecule has 3 N–H and O–H groups in total. The fourth-order valence-corrected chi connectivity index (χ4v) is 2.28. The second-order valence-electron chi connectivity index (χ2n) is 5.15. The summed E-state index contributed by atoms with van der Waals surface area (Å²) < 4.78 is 0. The van der Waals surface area contributed by atoms with E-state index in [1.165, 1.54) is 10.5 Å². The van der Waals surface area contributed by atoms with E-state index in [0.29, 0.717) is 19.4 Å². The van der Waals surface area contributed by atoms with Crippen molar-refractivity contribution >= 4 is 11.9 Å². The Balaban J connectivity index is 0.000000219. The summed E-state index contributed by atoms with van der Waals surface area (Å²) in [5.41, 5.74) is 6.81. The van der Waals surface area contributed by atoms with Crippen molar-refractivity contribution in [3.05, 3.63) is 35.9 Å². The van der Waals surface area contributed by atoms with Crippen molar-refractivity contribution in [2.24, 2.45) is 5.73 Å². The smallest absolute Gasteiger partial charge is 0.326 e. The minimum Gasteiger partial charge on any atom is -0.480 e. The second kappa shape index (κ2) is 8.42. The topological polar surface area (TPSA) is 83.6 Å². The van der Waals surface area contributed by atoms with Crippen molar-refractivity contribution in [3.63, 3.8) is 0 Å². The van der Waals surface area contributed by atoms with Crippen molar-refractivity contribution in [3.8, 4) is 0 Å². The van der Waals surface area contributed by atoms with Crippen molar-refractivity contribution < 1.29 is 14.7 Å². The van der Waals surface area contributed by atoms with Gasteiger partial charge in [0.15, 0.2) is 0 Å². The van der Waals surface area contributed by atoms with E-state index in [4.69, 9.17) is 10.8 Å². The monoisotopic (exact) mass is 292 g/mol. The molecule has 1 amide bonds. The van der Waals surface area contributed by atoms with Gasteiger partial charge in [-0.2, -0.15) is 0 Å². The van der Waals surface area contributed by atoms with Gasteiger partial charge in [0, 0.05) is 19.0 Å². The molecule has 1 fully saturated rings. The first-order valence-electron chi connectivity index (χ1n) is 7.30. The molecule has 2 atom stereocenters. The van der Waals surface area contributed by atoms with E-state index in [1.54, 1.807) is 6.92 Å². The summed E-state index contributed by atoms with van der Waals surface area (Å²) in [6.07, 6.45) is 1.79. The lowest BCUT2D eigenvalue weighted by atomic mass is 10.1. The molecule has 0 aromatic heterocycles. The summed E-state index contributed by atoms with van der Waals surface area (Å²) in [6, 6.07) is 9.60. The molecule has 5 nitrogen and oxygen atoms in total. The highest BCUT2D eigenvalue weighted by Crippen LogP contribution is 2.15. The predicted molar refractivity (Wildman–Crippen MR) is 81.7 cm³/mol. The van der Waals surface area contributed by atoms with Crippen LogP contribution in [-0.2, 0) is 9.59 Å². The minimum atomic E-state index is -0.896. The minimum absolute atomic E-state index is 0.0238. The lowest BCUT2D eigenvalue weighted by molar-refractivity contribution is -0.148. The fraction of sp³-hybridized carbons (Fsp3) is 0.500. The van der Waals surface area contributed by atoms with Gasteiger partial charge in [-0.15, -0.1) is 0 Å². The molecule has 1 aliphatic heterocycles. The van der Waals surface area contributed by atoms with E-state index < -0.39 is 12.0 Å². The molecule has 1 aliphatic rings. The predicted octanol–water partition coefficient (Wildman–Crippen LogP) is 2.18. The van der Waals surface area contributed by atoms with Crippen molar-refractivity contribution in [2.45, 2.75) is 45.2 Å². The van der Waals surface area contributed by atoms with E-state index in [9.17, 15) is 9.59 Å². The van der Waals surface area contributed by atoms with Crippen LogP contribution in [0.4, 0.5) is 0 Å². The molecule has 2 rings (SSSR count). The largest absolute Gasteiger partial charge is 0.480 e. The van der Waals surface area contributed by atoms with Gasteiger partial charge in [0.1, 0.15) is 6.04 Å². The first-order chi connectivity index (χ1) is 9.97. The maximum atomic E-state index is 11.1. The third-order valence-electron chi connectivity index (χ3n) is 3.48. The maximum Gasteiger partial charge on any atom is 0.326 e. The highest BCUT2D eigenvalue weighted by Gasteiger charge is 2.30. The van der Waals surface area contributed by atoms with E-state index in [1.807, 2.05) is 37.3 Å². The number of rotatable bonds is 4. The molecule has 0 spiro atoms. The van der Waals surface area contributed by atoms with Crippen LogP contribution in [0.15, 0.2) is 30.3 Å². The van der Waals surface area contributed by atoms with Crippen LogP contribution in [0.2, 0.25) is 0 Å². The van der Waals surface area contributed by atoms with Gasteiger partial charge in [-0.1, -0.05) is 37.3 Å². The van der Waals surface area contributed by atoms with Crippen LogP contribution >= 0.6 is 0 Å². The second-order valence-corrected chi connectivity index (χ2v) is 5.15. The van der Waals surface area contributed by atoms with Gasteiger partial charge in [0.2, 0.25) is 5.91 Å². The fourth-order valence-electron chi connectivity index (χ4n) is 2.28. The third-order valence-corrected chi connectivity index (χ3v) is 3.48. The zero-order valence-corrected chi connectivity index (χ0v) is 12.7. The standard InChI is InChI=1S/C8H13NO3.C8H11N/c1-2-6(8(11)12)9-5-3-4-7(9)10;1-7(9)8-5-3-2-4-6-8/h6H,2-5H2,1H3,(H,11,12);2-7H,9H2,1H3. The van der Waals surface area contributed by atoms with E-state index in [-0.39, 0.29) is 11.9 Å². The molecule has 1 aromatic carbocycles. The quantitative estimate of drug-likeness (QED) is 0.891. The van der Waals surface area contributed by atoms with Gasteiger partial charge < -0.3 is 15.7 Å². The average molecular weight is 292 g/mol. The highest BCUT2D eigenvalue weighted by molar-refractivity contribution is 5.84. The lowest BCUT2D eigenvalue weighted by Crippen LogP contribution is -2.41. The van der Waals surface area contributed by atoms with Crippen LogP contribution in [-0.4, -0.2) is 34.5 Å². The number of aliphatic carboxylic acids is 1. The Labute approximate surface area is 125 Å². The number of nitrogens with zero attached hydrogens (tertiary/aromatic N) is 1. The molecular weight excluding hydrogens is 268 g/mol. The first-order valence-corrected chi connectivity index (χ1v) is 7.30. The molecule has 0 saturated carbocycles. The summed E-state index contributed by atoms with van der Waals surface area (Å²) in [5, 5.41) is 8.76. The van der Waals surface area contributed by atoms with Crippen LogP contribution < -0.4 is 5.73 Å². The normalized spacial score (nSPS) is 16.9. The first kappa shape index (κ1) is 17.2. The molecule has 116 valence electrons. The number of carboxylic acids is 1. The van der Waals surface area contributed by atoms with Gasteiger partial charge in [-0.05, 0) is 25.3 Å². The number of likely N-dealkylation sites (tertiary alicyclic amines) is 1. The number of carboxylic acid groups (broad SMARTS) is 1. The zero-order chi connectivity index (χ0) is 15.8. The van der Waals surface area contributed by atoms with Crippen LogP contribution in [0, 0.1) is 0 Å². The van der Waals surface area contributed by atoms with E-state index in [2.05, 4.69) is 0 Å². The molecular formula is C16H24N2O3. The zero-order valence-electron chi connectivity index (χ0n) is 12.7. The molecule has 1 aromatic rings. The van der Waals surface area contributed by atoms with Crippen molar-refractivity contribution in [1.29, 1.82) is 0 Å². The number of hydrogen-bond donors (Lipinski definition) is 2.